The Kier molecular flexibility index (Phi) is 7.12. The number of hydrogen-bond donors (Lipinski definition) is 0. The van der Waals surface area contributed by atoms with Crippen LogP contribution in [0, 0.1) is 5.92 Å². The first-order valence-corrected chi connectivity index (χ1v) is 5.25. The second-order valence-electron chi connectivity index (χ2n) is 3.61. The van der Waals surface area contributed by atoms with E-state index in [0.717, 1.165) is 25.7 Å². The first kappa shape index (κ1) is 11.7. The molecule has 0 aromatic rings. The van der Waals surface area contributed by atoms with Gasteiger partial charge in [0.2, 0.25) is 0 Å². The quantitative estimate of drug-likeness (QED) is 0.571. The minimum absolute atomic E-state index is 0.302. The number of hydrogen-bond acceptors (Lipinski definition) is 1. The summed E-state index contributed by atoms with van der Waals surface area (Å²) in [5, 5.41) is 0. The van der Waals surface area contributed by atoms with E-state index >= 15 is 0 Å². The maximum absolute atomic E-state index is 11.4. The predicted octanol–water partition coefficient (Wildman–Crippen LogP) is 3.57. The van der Waals surface area contributed by atoms with Crippen LogP contribution in [0.5, 0.6) is 0 Å². The largest absolute Gasteiger partial charge is 0.299 e. The first-order chi connectivity index (χ1) is 5.72. The molecule has 0 aliphatic carbocycles. The van der Waals surface area contributed by atoms with Crippen LogP contribution in [0.4, 0.5) is 0 Å². The minimum Gasteiger partial charge on any atom is -0.299 e. The molecule has 0 radical (unpaired) electrons. The van der Waals surface area contributed by atoms with Crippen LogP contribution in [0.25, 0.3) is 0 Å². The molecule has 0 rings (SSSR count). The van der Waals surface area contributed by atoms with Crippen molar-refractivity contribution in [2.75, 3.05) is 0 Å². The molecule has 0 fully saturated rings. The summed E-state index contributed by atoms with van der Waals surface area (Å²) < 4.78 is 0. The van der Waals surface area contributed by atoms with Crippen molar-refractivity contribution in [1.29, 1.82) is 0 Å². The predicted molar refractivity (Wildman–Crippen MR) is 53.2 cm³/mol. The van der Waals surface area contributed by atoms with E-state index in [4.69, 9.17) is 0 Å². The highest BCUT2D eigenvalue weighted by Gasteiger charge is 2.10. The molecule has 0 unspecified atom stereocenters. The summed E-state index contributed by atoms with van der Waals surface area (Å²) >= 11 is 0. The normalized spacial score (nSPS) is 12.9. The standard InChI is InChI=1S/C11H22O/c1-4-6-8-10(3)11(12)9-7-5-2/h10H,4-9H2,1-3H3/t10-/m0/s1. The van der Waals surface area contributed by atoms with Crippen LogP contribution in [0.3, 0.4) is 0 Å². The molecule has 0 spiro atoms. The summed E-state index contributed by atoms with van der Waals surface area (Å²) in [7, 11) is 0. The fraction of sp³-hybridized carbons (Fsp3) is 0.909. The van der Waals surface area contributed by atoms with Crippen LogP contribution < -0.4 is 0 Å². The average molecular weight is 170 g/mol. The van der Waals surface area contributed by atoms with Gasteiger partial charge >= 0.3 is 0 Å². The Labute approximate surface area is 76.6 Å². The van der Waals surface area contributed by atoms with Gasteiger partial charge in [-0.05, 0) is 12.8 Å². The molecule has 0 aromatic carbocycles. The van der Waals surface area contributed by atoms with Gasteiger partial charge in [0.05, 0.1) is 0 Å². The van der Waals surface area contributed by atoms with E-state index in [9.17, 15) is 4.79 Å². The van der Waals surface area contributed by atoms with Gasteiger partial charge in [0, 0.05) is 12.3 Å². The second kappa shape index (κ2) is 7.33. The Bertz CT molecular complexity index is 118. The molecule has 12 heavy (non-hydrogen) atoms. The van der Waals surface area contributed by atoms with Gasteiger partial charge in [-0.2, -0.15) is 0 Å². The lowest BCUT2D eigenvalue weighted by molar-refractivity contribution is -0.122. The van der Waals surface area contributed by atoms with Crippen molar-refractivity contribution < 1.29 is 4.79 Å². The molecule has 1 heteroatoms. The third-order valence-electron chi connectivity index (χ3n) is 2.32. The maximum atomic E-state index is 11.4. The van der Waals surface area contributed by atoms with Crippen molar-refractivity contribution >= 4 is 5.78 Å². The zero-order chi connectivity index (χ0) is 9.40. The average Bonchev–Trinajstić information content (AvgIpc) is 2.10. The molecule has 0 aliphatic rings. The fourth-order valence-corrected chi connectivity index (χ4v) is 1.27. The van der Waals surface area contributed by atoms with E-state index in [1.54, 1.807) is 0 Å². The second-order valence-corrected chi connectivity index (χ2v) is 3.61. The minimum atomic E-state index is 0.302. The molecule has 72 valence electrons. The zero-order valence-electron chi connectivity index (χ0n) is 8.73. The third-order valence-corrected chi connectivity index (χ3v) is 2.32. The number of unbranched alkanes of at least 4 members (excludes halogenated alkanes) is 2. The Morgan fingerprint density at radius 3 is 2.25 bits per heavy atom. The Morgan fingerprint density at radius 1 is 1.17 bits per heavy atom. The number of carbonyl (C=O) groups excluding carboxylic acids is 1. The van der Waals surface area contributed by atoms with Crippen LogP contribution in [-0.2, 0) is 4.79 Å². The number of carbonyl (C=O) groups is 1. The van der Waals surface area contributed by atoms with Crippen molar-refractivity contribution in [3.05, 3.63) is 0 Å². The lowest BCUT2D eigenvalue weighted by atomic mass is 9.96. The summed E-state index contributed by atoms with van der Waals surface area (Å²) in [5.41, 5.74) is 0. The van der Waals surface area contributed by atoms with Gasteiger partial charge in [0.25, 0.3) is 0 Å². The molecule has 0 N–H and O–H groups in total. The number of ketones is 1. The molecule has 1 atom stereocenters. The third kappa shape index (κ3) is 5.34. The van der Waals surface area contributed by atoms with E-state index in [2.05, 4.69) is 20.8 Å². The van der Waals surface area contributed by atoms with Crippen LogP contribution >= 0.6 is 0 Å². The van der Waals surface area contributed by atoms with Crippen LogP contribution in [0.1, 0.15) is 59.3 Å². The summed E-state index contributed by atoms with van der Waals surface area (Å²) in [4.78, 5) is 11.4. The van der Waals surface area contributed by atoms with E-state index in [0.29, 0.717) is 11.7 Å². The molecule has 0 aliphatic heterocycles. The smallest absolute Gasteiger partial charge is 0.135 e. The van der Waals surface area contributed by atoms with E-state index < -0.39 is 0 Å². The van der Waals surface area contributed by atoms with Crippen molar-refractivity contribution in [2.45, 2.75) is 59.3 Å². The van der Waals surface area contributed by atoms with Crippen LogP contribution in [-0.4, -0.2) is 5.78 Å². The Hall–Kier alpha value is -0.330. The summed E-state index contributed by atoms with van der Waals surface area (Å²) in [6, 6.07) is 0. The first-order valence-electron chi connectivity index (χ1n) is 5.25. The molecular formula is C11H22O. The number of Topliss-reactive ketones (excluding diaryl/α,β-unsaturated/α-hetero) is 1. The Balaban J connectivity index is 3.47. The van der Waals surface area contributed by atoms with Gasteiger partial charge in [-0.25, -0.2) is 0 Å². The van der Waals surface area contributed by atoms with Crippen LogP contribution in [0.2, 0.25) is 0 Å². The molecular weight excluding hydrogens is 148 g/mol. The topological polar surface area (TPSA) is 17.1 Å². The molecule has 0 saturated carbocycles. The van der Waals surface area contributed by atoms with E-state index in [1.807, 2.05) is 0 Å². The highest BCUT2D eigenvalue weighted by Crippen LogP contribution is 2.12. The molecule has 0 bridgehead atoms. The van der Waals surface area contributed by atoms with E-state index in [1.165, 1.54) is 12.8 Å². The van der Waals surface area contributed by atoms with Crippen LogP contribution in [0.15, 0.2) is 0 Å². The van der Waals surface area contributed by atoms with E-state index in [-0.39, 0.29) is 0 Å². The highest BCUT2D eigenvalue weighted by atomic mass is 16.1. The summed E-state index contributed by atoms with van der Waals surface area (Å²) in [6.45, 7) is 6.36. The zero-order valence-corrected chi connectivity index (χ0v) is 8.73. The number of rotatable bonds is 7. The lowest BCUT2D eigenvalue weighted by Crippen LogP contribution is -2.10. The monoisotopic (exact) mass is 170 g/mol. The Morgan fingerprint density at radius 2 is 1.75 bits per heavy atom. The SMILES string of the molecule is CCCCC(=O)[C@@H](C)CCCC. The van der Waals surface area contributed by atoms with Crippen molar-refractivity contribution in [1.82, 2.24) is 0 Å². The summed E-state index contributed by atoms with van der Waals surface area (Å²) in [6.07, 6.45) is 6.46. The van der Waals surface area contributed by atoms with Gasteiger partial charge in [0.15, 0.2) is 0 Å². The lowest BCUT2D eigenvalue weighted by Gasteiger charge is -2.08. The van der Waals surface area contributed by atoms with Crippen molar-refractivity contribution in [3.63, 3.8) is 0 Å². The fourth-order valence-electron chi connectivity index (χ4n) is 1.27. The summed E-state index contributed by atoms with van der Waals surface area (Å²) in [5.74, 6) is 0.766. The molecule has 0 heterocycles. The van der Waals surface area contributed by atoms with Gasteiger partial charge < -0.3 is 0 Å². The van der Waals surface area contributed by atoms with Gasteiger partial charge in [-0.3, -0.25) is 4.79 Å². The van der Waals surface area contributed by atoms with Crippen molar-refractivity contribution in [3.8, 4) is 0 Å². The van der Waals surface area contributed by atoms with Gasteiger partial charge in [-0.15, -0.1) is 0 Å². The van der Waals surface area contributed by atoms with Gasteiger partial charge in [0.1, 0.15) is 5.78 Å². The maximum Gasteiger partial charge on any atom is 0.135 e. The molecule has 1 nitrogen and oxygen atoms in total. The highest BCUT2D eigenvalue weighted by molar-refractivity contribution is 5.80. The molecule has 0 aromatic heterocycles. The molecule has 0 amide bonds. The van der Waals surface area contributed by atoms with Gasteiger partial charge in [-0.1, -0.05) is 40.0 Å². The van der Waals surface area contributed by atoms with Crippen molar-refractivity contribution in [2.24, 2.45) is 5.92 Å². The molecule has 0 saturated heterocycles.